The zero-order valence-corrected chi connectivity index (χ0v) is 19.6. The van der Waals surface area contributed by atoms with Crippen molar-refractivity contribution in [3.8, 4) is 17.2 Å². The lowest BCUT2D eigenvalue weighted by molar-refractivity contribution is 0.101. The highest BCUT2D eigenvalue weighted by atomic mass is 19.1. The second kappa shape index (κ2) is 8.77. The van der Waals surface area contributed by atoms with E-state index in [1.54, 1.807) is 13.2 Å². The van der Waals surface area contributed by atoms with Crippen molar-refractivity contribution >= 4 is 22.8 Å². The summed E-state index contributed by atoms with van der Waals surface area (Å²) in [6.07, 6.45) is 1.67. The van der Waals surface area contributed by atoms with Crippen molar-refractivity contribution in [2.75, 3.05) is 46.9 Å². The van der Waals surface area contributed by atoms with Crippen molar-refractivity contribution < 1.29 is 23.8 Å². The van der Waals surface area contributed by atoms with E-state index in [4.69, 9.17) is 9.47 Å². The first-order chi connectivity index (χ1) is 16.4. The Balaban J connectivity index is 1.52. The van der Waals surface area contributed by atoms with Crippen LogP contribution in [0.15, 0.2) is 36.1 Å². The molecule has 1 aromatic heterocycles. The smallest absolute Gasteiger partial charge is 0.232 e. The number of nitrogens with zero attached hydrogens (tertiary/aromatic N) is 3. The molecule has 2 aromatic carbocycles. The van der Waals surface area contributed by atoms with Gasteiger partial charge in [-0.3, -0.25) is 9.69 Å². The van der Waals surface area contributed by atoms with E-state index in [9.17, 15) is 14.3 Å². The number of allylic oxidation sites excluding steroid dienone is 1. The molecule has 1 saturated heterocycles. The van der Waals surface area contributed by atoms with E-state index in [2.05, 4.69) is 21.4 Å². The number of Topliss-reactive ketones (excluding diaryl/α,β-unsaturated/α-hetero) is 1. The molecule has 0 aliphatic carbocycles. The molecule has 7 nitrogen and oxygen atoms in total. The van der Waals surface area contributed by atoms with Crippen molar-refractivity contribution in [3.63, 3.8) is 0 Å². The van der Waals surface area contributed by atoms with Crippen LogP contribution in [0.3, 0.4) is 0 Å². The van der Waals surface area contributed by atoms with E-state index in [-0.39, 0.29) is 17.1 Å². The van der Waals surface area contributed by atoms with Crippen LogP contribution in [-0.4, -0.2) is 72.1 Å². The average molecular weight is 466 g/mol. The van der Waals surface area contributed by atoms with Crippen LogP contribution in [0.25, 0.3) is 17.0 Å². The number of hydrogen-bond donors (Lipinski definition) is 1. The first-order valence-corrected chi connectivity index (χ1v) is 11.4. The van der Waals surface area contributed by atoms with Gasteiger partial charge in [-0.25, -0.2) is 0 Å². The molecule has 0 radical (unpaired) electrons. The lowest BCUT2D eigenvalue weighted by Crippen LogP contribution is -2.45. The van der Waals surface area contributed by atoms with Crippen molar-refractivity contribution in [2.45, 2.75) is 13.5 Å². The average Bonchev–Trinajstić information content (AvgIpc) is 3.30. The number of likely N-dealkylation sites (N-methyl/N-ethyl adjacent to an activating group) is 1. The van der Waals surface area contributed by atoms with Gasteiger partial charge in [-0.05, 0) is 50.4 Å². The van der Waals surface area contributed by atoms with E-state index >= 15 is 0 Å². The zero-order valence-electron chi connectivity index (χ0n) is 19.6. The summed E-state index contributed by atoms with van der Waals surface area (Å²) in [6, 6.07) is 8.44. The third kappa shape index (κ3) is 3.82. The molecule has 0 unspecified atom stereocenters. The number of aromatic hydroxyl groups is 1. The van der Waals surface area contributed by atoms with Gasteiger partial charge in [0.2, 0.25) is 11.6 Å². The number of rotatable bonds is 5. The van der Waals surface area contributed by atoms with Gasteiger partial charge in [0.1, 0.15) is 5.75 Å². The largest absolute Gasteiger partial charge is 0.505 e. The zero-order chi connectivity index (χ0) is 24.0. The number of fused-ring (bicyclic) bond motifs is 2. The predicted molar refractivity (Wildman–Crippen MR) is 128 cm³/mol. The third-order valence-corrected chi connectivity index (χ3v) is 6.85. The number of carbonyl (C=O) groups excluding carboxylic acids is 1. The molecule has 0 amide bonds. The highest BCUT2D eigenvalue weighted by Gasteiger charge is 2.32. The minimum Gasteiger partial charge on any atom is -0.505 e. The second-order valence-corrected chi connectivity index (χ2v) is 8.89. The number of phenolic OH excluding ortho intramolecular Hbond substituents is 1. The SMILES string of the molecule is COc1ccc2c(c1)c(/C=C1\Oc3c(ccc(O)c3F)C1=O)c(C)n2CCN1CCN(C)CC1. The number of halogens is 1. The predicted octanol–water partition coefficient (Wildman–Crippen LogP) is 3.67. The highest BCUT2D eigenvalue weighted by molar-refractivity contribution is 6.15. The monoisotopic (exact) mass is 465 g/mol. The summed E-state index contributed by atoms with van der Waals surface area (Å²) in [5.74, 6) is -1.37. The number of ketones is 1. The molecule has 0 spiro atoms. The number of carbonyl (C=O) groups is 1. The Labute approximate surface area is 197 Å². The maximum atomic E-state index is 14.3. The molecule has 0 bridgehead atoms. The van der Waals surface area contributed by atoms with E-state index in [1.165, 1.54) is 12.1 Å². The maximum absolute atomic E-state index is 14.3. The first-order valence-electron chi connectivity index (χ1n) is 11.4. The Bertz CT molecular complexity index is 1310. The van der Waals surface area contributed by atoms with Gasteiger partial charge >= 0.3 is 0 Å². The van der Waals surface area contributed by atoms with Crippen molar-refractivity contribution in [1.29, 1.82) is 0 Å². The van der Waals surface area contributed by atoms with Crippen LogP contribution >= 0.6 is 0 Å². The molecular formula is C26H28FN3O4. The molecule has 2 aliphatic heterocycles. The Hall–Kier alpha value is -3.36. The number of phenols is 1. The van der Waals surface area contributed by atoms with Crippen LogP contribution in [0.1, 0.15) is 21.6 Å². The molecule has 178 valence electrons. The van der Waals surface area contributed by atoms with Crippen LogP contribution in [0.2, 0.25) is 0 Å². The highest BCUT2D eigenvalue weighted by Crippen LogP contribution is 2.39. The summed E-state index contributed by atoms with van der Waals surface area (Å²) in [7, 11) is 3.76. The van der Waals surface area contributed by atoms with Crippen molar-refractivity contribution in [3.05, 3.63) is 58.7 Å². The number of methoxy groups -OCH3 is 1. The number of aromatic nitrogens is 1. The molecule has 34 heavy (non-hydrogen) atoms. The Morgan fingerprint density at radius 3 is 2.65 bits per heavy atom. The Morgan fingerprint density at radius 2 is 1.91 bits per heavy atom. The van der Waals surface area contributed by atoms with E-state index < -0.39 is 17.3 Å². The van der Waals surface area contributed by atoms with Gasteiger partial charge < -0.3 is 24.0 Å². The summed E-state index contributed by atoms with van der Waals surface area (Å²) < 4.78 is 27.6. The number of ether oxygens (including phenoxy) is 2. The number of benzene rings is 2. The molecule has 0 saturated carbocycles. The number of hydrogen-bond acceptors (Lipinski definition) is 6. The van der Waals surface area contributed by atoms with Gasteiger partial charge in [0.15, 0.2) is 17.3 Å². The van der Waals surface area contributed by atoms with Gasteiger partial charge in [0.05, 0.1) is 12.7 Å². The third-order valence-electron chi connectivity index (χ3n) is 6.85. The van der Waals surface area contributed by atoms with E-state index in [1.807, 2.05) is 25.1 Å². The molecule has 8 heteroatoms. The fraction of sp³-hybridized carbons (Fsp3) is 0.346. The fourth-order valence-electron chi connectivity index (χ4n) is 4.74. The maximum Gasteiger partial charge on any atom is 0.232 e. The standard InChI is InChI=1S/C26H28FN3O4/c1-16-19(15-23-25(32)18-5-7-22(31)24(27)26(18)34-23)20-14-17(33-3)4-6-21(20)30(16)13-12-29-10-8-28(2)9-11-29/h4-7,14-15,31H,8-13H2,1-3H3/b23-15-. The molecule has 0 atom stereocenters. The molecule has 1 fully saturated rings. The first kappa shape index (κ1) is 22.4. The molecule has 2 aliphatic rings. The van der Waals surface area contributed by atoms with Crippen LogP contribution in [-0.2, 0) is 6.54 Å². The molecule has 3 heterocycles. The minimum absolute atomic E-state index is 0.0311. The topological polar surface area (TPSA) is 67.2 Å². The summed E-state index contributed by atoms with van der Waals surface area (Å²) in [6.45, 7) is 7.95. The lowest BCUT2D eigenvalue weighted by atomic mass is 10.1. The van der Waals surface area contributed by atoms with E-state index in [0.717, 1.165) is 61.4 Å². The van der Waals surface area contributed by atoms with Gasteiger partial charge in [0, 0.05) is 61.4 Å². The molecular weight excluding hydrogens is 437 g/mol. The normalized spacial score (nSPS) is 18.0. The quantitative estimate of drug-likeness (QED) is 0.580. The van der Waals surface area contributed by atoms with Gasteiger partial charge in [-0.2, -0.15) is 4.39 Å². The molecule has 5 rings (SSSR count). The van der Waals surface area contributed by atoms with Gasteiger partial charge in [-0.15, -0.1) is 0 Å². The second-order valence-electron chi connectivity index (χ2n) is 8.89. The van der Waals surface area contributed by atoms with Crippen LogP contribution in [0, 0.1) is 12.7 Å². The Kier molecular flexibility index (Phi) is 5.79. The molecule has 1 N–H and O–H groups in total. The van der Waals surface area contributed by atoms with Crippen molar-refractivity contribution in [2.24, 2.45) is 0 Å². The Morgan fingerprint density at radius 1 is 1.15 bits per heavy atom. The molecule has 3 aromatic rings. The fourth-order valence-corrected chi connectivity index (χ4v) is 4.74. The van der Waals surface area contributed by atoms with Crippen molar-refractivity contribution in [1.82, 2.24) is 14.4 Å². The van der Waals surface area contributed by atoms with Crippen LogP contribution in [0.4, 0.5) is 4.39 Å². The van der Waals surface area contributed by atoms with Crippen LogP contribution in [0.5, 0.6) is 17.2 Å². The van der Waals surface area contributed by atoms with Gasteiger partial charge in [-0.1, -0.05) is 0 Å². The van der Waals surface area contributed by atoms with E-state index in [0.29, 0.717) is 5.75 Å². The van der Waals surface area contributed by atoms with Gasteiger partial charge in [0.25, 0.3) is 0 Å². The summed E-state index contributed by atoms with van der Waals surface area (Å²) in [5.41, 5.74) is 2.95. The number of piperazine rings is 1. The van der Waals surface area contributed by atoms with Crippen LogP contribution < -0.4 is 9.47 Å². The summed E-state index contributed by atoms with van der Waals surface area (Å²) in [4.78, 5) is 17.7. The summed E-state index contributed by atoms with van der Waals surface area (Å²) >= 11 is 0. The minimum atomic E-state index is -0.928. The summed E-state index contributed by atoms with van der Waals surface area (Å²) in [5, 5.41) is 10.6. The lowest BCUT2D eigenvalue weighted by Gasteiger charge is -2.32.